The zero-order chi connectivity index (χ0) is 17.3. The lowest BCUT2D eigenvalue weighted by Crippen LogP contribution is -2.32. The highest BCUT2D eigenvalue weighted by Gasteiger charge is 2.32. The molecule has 24 heavy (non-hydrogen) atoms. The summed E-state index contributed by atoms with van der Waals surface area (Å²) in [6.07, 6.45) is -4.42. The quantitative estimate of drug-likeness (QED) is 0.773. The van der Waals surface area contributed by atoms with Crippen molar-refractivity contribution in [1.29, 1.82) is 5.26 Å². The largest absolute Gasteiger partial charge is 0.416 e. The Bertz CT molecular complexity index is 801. The van der Waals surface area contributed by atoms with E-state index in [0.29, 0.717) is 21.7 Å². The number of nitrogens with one attached hydrogen (secondary N) is 3. The lowest BCUT2D eigenvalue weighted by molar-refractivity contribution is -0.137. The van der Waals surface area contributed by atoms with Gasteiger partial charge >= 0.3 is 6.18 Å². The van der Waals surface area contributed by atoms with Crippen LogP contribution in [-0.2, 0) is 6.18 Å². The van der Waals surface area contributed by atoms with Gasteiger partial charge in [-0.2, -0.15) is 24.0 Å². The third-order valence-electron chi connectivity index (χ3n) is 3.78. The van der Waals surface area contributed by atoms with Crippen LogP contribution in [0.3, 0.4) is 0 Å². The van der Waals surface area contributed by atoms with Gasteiger partial charge in [0.2, 0.25) is 0 Å². The van der Waals surface area contributed by atoms with Crippen LogP contribution in [0.2, 0.25) is 5.02 Å². The summed E-state index contributed by atoms with van der Waals surface area (Å²) in [6.45, 7) is 0. The number of rotatable bonds is 2. The minimum Gasteiger partial charge on any atom is -0.234 e. The van der Waals surface area contributed by atoms with Crippen molar-refractivity contribution in [3.8, 4) is 17.2 Å². The molecule has 2 aromatic rings. The molecule has 2 aromatic carbocycles. The molecule has 3 N–H and O–H groups in total. The minimum absolute atomic E-state index is 0.405. The topological polar surface area (TPSA) is 59.9 Å². The molecule has 0 amide bonds. The van der Waals surface area contributed by atoms with Crippen molar-refractivity contribution in [2.75, 3.05) is 0 Å². The molecule has 0 radical (unpaired) electrons. The molecule has 1 saturated heterocycles. The molecule has 1 aliphatic rings. The first-order valence-electron chi connectivity index (χ1n) is 7.03. The summed E-state index contributed by atoms with van der Waals surface area (Å²) in [7, 11) is 0. The second-order valence-electron chi connectivity index (χ2n) is 5.31. The SMILES string of the molecule is N#CC1NNNC1c1cc(Cl)ccc1-c1cccc(C(F)(F)F)c1. The maximum atomic E-state index is 13.0. The van der Waals surface area contributed by atoms with Gasteiger partial charge in [-0.05, 0) is 41.0 Å². The molecule has 0 spiro atoms. The molecular weight excluding hydrogens is 341 g/mol. The molecule has 1 fully saturated rings. The third-order valence-corrected chi connectivity index (χ3v) is 4.01. The van der Waals surface area contributed by atoms with Gasteiger partial charge in [0.25, 0.3) is 0 Å². The second kappa shape index (κ2) is 6.42. The minimum atomic E-state index is -4.42. The number of benzene rings is 2. The van der Waals surface area contributed by atoms with Crippen LogP contribution in [0.5, 0.6) is 0 Å². The molecule has 8 heteroatoms. The molecule has 2 atom stereocenters. The van der Waals surface area contributed by atoms with Gasteiger partial charge in [0, 0.05) is 5.02 Å². The van der Waals surface area contributed by atoms with Gasteiger partial charge in [0.1, 0.15) is 6.04 Å². The monoisotopic (exact) mass is 352 g/mol. The predicted molar refractivity (Wildman–Crippen MR) is 83.4 cm³/mol. The van der Waals surface area contributed by atoms with E-state index in [9.17, 15) is 18.4 Å². The number of halogens is 4. The van der Waals surface area contributed by atoms with E-state index < -0.39 is 23.8 Å². The summed E-state index contributed by atoms with van der Waals surface area (Å²) in [4.78, 5) is 0. The Labute approximate surface area is 141 Å². The number of hydrogen-bond donors (Lipinski definition) is 3. The molecule has 1 aliphatic heterocycles. The van der Waals surface area contributed by atoms with Gasteiger partial charge in [0.15, 0.2) is 0 Å². The summed E-state index contributed by atoms with van der Waals surface area (Å²) >= 11 is 6.05. The highest BCUT2D eigenvalue weighted by atomic mass is 35.5. The molecule has 124 valence electrons. The molecular formula is C16H12ClF3N4. The smallest absolute Gasteiger partial charge is 0.234 e. The number of nitrogens with zero attached hydrogens (tertiary/aromatic N) is 1. The van der Waals surface area contributed by atoms with E-state index in [1.165, 1.54) is 6.07 Å². The summed E-state index contributed by atoms with van der Waals surface area (Å²) in [5.74, 6) is 0. The Hall–Kier alpha value is -2.11. The Morgan fingerprint density at radius 1 is 1.08 bits per heavy atom. The van der Waals surface area contributed by atoms with Crippen LogP contribution in [0, 0.1) is 11.3 Å². The first-order chi connectivity index (χ1) is 11.4. The lowest BCUT2D eigenvalue weighted by atomic mass is 9.91. The first kappa shape index (κ1) is 16.7. The molecule has 0 saturated carbocycles. The maximum absolute atomic E-state index is 13.0. The highest BCUT2D eigenvalue weighted by molar-refractivity contribution is 6.30. The summed E-state index contributed by atoms with van der Waals surface area (Å²) in [5.41, 5.74) is 9.18. The van der Waals surface area contributed by atoms with Crippen LogP contribution in [0.4, 0.5) is 13.2 Å². The van der Waals surface area contributed by atoms with Crippen molar-refractivity contribution >= 4 is 11.6 Å². The van der Waals surface area contributed by atoms with Crippen LogP contribution in [0.15, 0.2) is 42.5 Å². The van der Waals surface area contributed by atoms with Crippen molar-refractivity contribution in [2.45, 2.75) is 18.3 Å². The number of alkyl halides is 3. The van der Waals surface area contributed by atoms with E-state index >= 15 is 0 Å². The number of nitriles is 1. The zero-order valence-electron chi connectivity index (χ0n) is 12.2. The summed E-state index contributed by atoms with van der Waals surface area (Å²) < 4.78 is 38.9. The molecule has 4 nitrogen and oxygen atoms in total. The molecule has 0 bridgehead atoms. The molecule has 3 rings (SSSR count). The molecule has 2 unspecified atom stereocenters. The Balaban J connectivity index is 2.11. The fourth-order valence-corrected chi connectivity index (χ4v) is 2.83. The highest BCUT2D eigenvalue weighted by Crippen LogP contribution is 2.36. The van der Waals surface area contributed by atoms with E-state index in [1.54, 1.807) is 24.3 Å². The van der Waals surface area contributed by atoms with Crippen molar-refractivity contribution in [2.24, 2.45) is 0 Å². The van der Waals surface area contributed by atoms with Gasteiger partial charge in [-0.15, -0.1) is 0 Å². The van der Waals surface area contributed by atoms with Crippen molar-refractivity contribution in [3.05, 3.63) is 58.6 Å². The van der Waals surface area contributed by atoms with Crippen LogP contribution in [0.25, 0.3) is 11.1 Å². The van der Waals surface area contributed by atoms with Gasteiger partial charge < -0.3 is 0 Å². The number of hydrazine groups is 2. The first-order valence-corrected chi connectivity index (χ1v) is 7.40. The van der Waals surface area contributed by atoms with Gasteiger partial charge in [0.05, 0.1) is 17.7 Å². The van der Waals surface area contributed by atoms with Crippen molar-refractivity contribution in [3.63, 3.8) is 0 Å². The van der Waals surface area contributed by atoms with E-state index in [2.05, 4.69) is 22.5 Å². The lowest BCUT2D eigenvalue weighted by Gasteiger charge is -2.18. The standard InChI is InChI=1S/C16H12ClF3N4/c17-11-4-5-12(9-2-1-3-10(6-9)16(18,19)20)13(7-11)15-14(8-21)22-24-23-15/h1-7,14-15,22-24H. The van der Waals surface area contributed by atoms with Crippen LogP contribution >= 0.6 is 11.6 Å². The maximum Gasteiger partial charge on any atom is 0.416 e. The van der Waals surface area contributed by atoms with E-state index in [-0.39, 0.29) is 0 Å². The summed E-state index contributed by atoms with van der Waals surface area (Å²) in [5, 5.41) is 9.64. The van der Waals surface area contributed by atoms with Gasteiger partial charge in [-0.25, -0.2) is 10.9 Å². The Morgan fingerprint density at radius 3 is 2.58 bits per heavy atom. The second-order valence-corrected chi connectivity index (χ2v) is 5.74. The van der Waals surface area contributed by atoms with Crippen molar-refractivity contribution < 1.29 is 13.2 Å². The zero-order valence-corrected chi connectivity index (χ0v) is 12.9. The molecule has 1 heterocycles. The third kappa shape index (κ3) is 3.23. The van der Waals surface area contributed by atoms with Gasteiger partial charge in [-0.3, -0.25) is 0 Å². The Kier molecular flexibility index (Phi) is 4.47. The van der Waals surface area contributed by atoms with Crippen LogP contribution in [-0.4, -0.2) is 6.04 Å². The average molecular weight is 353 g/mol. The van der Waals surface area contributed by atoms with Gasteiger partial charge in [-0.1, -0.05) is 29.8 Å². The fourth-order valence-electron chi connectivity index (χ4n) is 2.64. The molecule has 0 aromatic heterocycles. The van der Waals surface area contributed by atoms with E-state index in [1.807, 2.05) is 0 Å². The van der Waals surface area contributed by atoms with E-state index in [0.717, 1.165) is 12.1 Å². The van der Waals surface area contributed by atoms with E-state index in [4.69, 9.17) is 11.6 Å². The fraction of sp³-hybridized carbons (Fsp3) is 0.188. The predicted octanol–water partition coefficient (Wildman–Crippen LogP) is 3.57. The normalized spacial score (nSPS) is 20.8. The summed E-state index contributed by atoms with van der Waals surface area (Å²) in [6, 6.07) is 11.0. The molecule has 0 aliphatic carbocycles. The average Bonchev–Trinajstić information content (AvgIpc) is 3.02. The van der Waals surface area contributed by atoms with Crippen LogP contribution in [0.1, 0.15) is 17.2 Å². The number of hydrogen-bond acceptors (Lipinski definition) is 4. The van der Waals surface area contributed by atoms with Crippen molar-refractivity contribution in [1.82, 2.24) is 16.4 Å². The Morgan fingerprint density at radius 2 is 1.88 bits per heavy atom. The van der Waals surface area contributed by atoms with Crippen LogP contribution < -0.4 is 16.4 Å².